The zero-order chi connectivity index (χ0) is 17.7. The molecule has 8 nitrogen and oxygen atoms in total. The molecule has 0 amide bonds. The van der Waals surface area contributed by atoms with Crippen molar-refractivity contribution in [2.45, 2.75) is 19.4 Å². The van der Waals surface area contributed by atoms with E-state index in [0.29, 0.717) is 0 Å². The Morgan fingerprint density at radius 2 is 1.38 bits per heavy atom. The Labute approximate surface area is 127 Å². The monoisotopic (exact) mass is 331 g/mol. The normalized spacial score (nSPS) is 10.5. The van der Waals surface area contributed by atoms with E-state index in [1.54, 1.807) is 12.2 Å². The summed E-state index contributed by atoms with van der Waals surface area (Å²) in [5.74, 6) is 0. The first-order valence-corrected chi connectivity index (χ1v) is 7.27. The first-order valence-electron chi connectivity index (χ1n) is 6.01. The molecule has 0 saturated carbocycles. The lowest BCUT2D eigenvalue weighted by molar-refractivity contribution is 0.0697. The summed E-state index contributed by atoms with van der Waals surface area (Å²) >= 11 is 0. The molecule has 0 aromatic heterocycles. The molecule has 0 spiro atoms. The third kappa shape index (κ3) is 38.2. The minimum atomic E-state index is -2.81. The van der Waals surface area contributed by atoms with Gasteiger partial charge in [-0.3, -0.25) is 4.57 Å². The molecule has 0 saturated heterocycles. The fourth-order valence-corrected chi connectivity index (χ4v) is 0.549. The number of rotatable bonds is 6. The summed E-state index contributed by atoms with van der Waals surface area (Å²) in [4.78, 5) is 7.90. The average molecular weight is 331 g/mol. The molecule has 0 aromatic carbocycles. The number of hydrogen-bond donors (Lipinski definition) is 6. The van der Waals surface area contributed by atoms with Crippen LogP contribution in [0.1, 0.15) is 13.8 Å². The molecule has 0 bridgehead atoms. The SMILES string of the molecule is C=CC.C=CC.NC(CO)(CO)CO.O=[PH](O)OCCO. The fraction of sp³-hybridized carbons (Fsp3) is 0.667. The zero-order valence-electron chi connectivity index (χ0n) is 12.7. The van der Waals surface area contributed by atoms with Crippen LogP contribution in [0.3, 0.4) is 0 Å². The molecule has 0 radical (unpaired) electrons. The van der Waals surface area contributed by atoms with Gasteiger partial charge in [0.25, 0.3) is 0 Å². The van der Waals surface area contributed by atoms with Crippen molar-refractivity contribution in [3.8, 4) is 0 Å². The molecule has 1 unspecified atom stereocenters. The van der Waals surface area contributed by atoms with E-state index < -0.39 is 33.6 Å². The number of nitrogens with two attached hydrogens (primary N) is 1. The highest BCUT2D eigenvalue weighted by molar-refractivity contribution is 7.32. The topological polar surface area (TPSA) is 153 Å². The predicted molar refractivity (Wildman–Crippen MR) is 84.2 cm³/mol. The number of aliphatic hydroxyl groups excluding tert-OH is 4. The van der Waals surface area contributed by atoms with Crippen LogP contribution in [-0.2, 0) is 9.09 Å². The van der Waals surface area contributed by atoms with Gasteiger partial charge in [0.1, 0.15) is 0 Å². The van der Waals surface area contributed by atoms with Gasteiger partial charge in [-0.2, -0.15) is 0 Å². The lowest BCUT2D eigenvalue weighted by atomic mass is 10.1. The van der Waals surface area contributed by atoms with E-state index in [0.717, 1.165) is 0 Å². The molecule has 0 aliphatic heterocycles. The number of hydrogen-bond acceptors (Lipinski definition) is 7. The van der Waals surface area contributed by atoms with Crippen molar-refractivity contribution in [3.05, 3.63) is 25.3 Å². The maximum absolute atomic E-state index is 9.61. The van der Waals surface area contributed by atoms with Crippen molar-refractivity contribution in [2.75, 3.05) is 33.0 Å². The molecule has 0 aromatic rings. The molecule has 0 heterocycles. The summed E-state index contributed by atoms with van der Waals surface area (Å²) < 4.78 is 13.7. The van der Waals surface area contributed by atoms with Crippen molar-refractivity contribution in [2.24, 2.45) is 5.73 Å². The van der Waals surface area contributed by atoms with Gasteiger partial charge < -0.3 is 35.6 Å². The molecule has 0 aliphatic carbocycles. The van der Waals surface area contributed by atoms with E-state index in [-0.39, 0.29) is 13.2 Å². The summed E-state index contributed by atoms with van der Waals surface area (Å²) in [5.41, 5.74) is 3.94. The third-order valence-corrected chi connectivity index (χ3v) is 1.71. The molecule has 9 heteroatoms. The molecular weight excluding hydrogens is 301 g/mol. The largest absolute Gasteiger partial charge is 0.394 e. The standard InChI is InChI=1S/C4H11NO3.2C3H6.C2H7O4P/c5-4(1-6,2-7)3-8;2*1-3-2;3-1-2-6-7(4)5/h6-8H,1-3,5H2;2*3H,1H2,2H3;3,7H,1-2H2,(H,4,5). The second-order valence-electron chi connectivity index (χ2n) is 3.49. The van der Waals surface area contributed by atoms with Gasteiger partial charge in [0, 0.05) is 0 Å². The lowest BCUT2D eigenvalue weighted by Crippen LogP contribution is -2.50. The summed E-state index contributed by atoms with van der Waals surface area (Å²) in [6.45, 7) is 9.02. The van der Waals surface area contributed by atoms with Gasteiger partial charge in [-0.05, 0) is 13.8 Å². The van der Waals surface area contributed by atoms with E-state index >= 15 is 0 Å². The molecule has 21 heavy (non-hydrogen) atoms. The predicted octanol–water partition coefficient (Wildman–Crippen LogP) is -0.577. The van der Waals surface area contributed by atoms with Crippen LogP contribution in [0.15, 0.2) is 25.3 Å². The van der Waals surface area contributed by atoms with E-state index in [1.807, 2.05) is 13.8 Å². The molecule has 130 valence electrons. The Balaban J connectivity index is -0.000000101. The Hall–Kier alpha value is -0.570. The molecular formula is C12H30NO7P. The van der Waals surface area contributed by atoms with E-state index in [2.05, 4.69) is 17.7 Å². The molecule has 7 N–H and O–H groups in total. The van der Waals surface area contributed by atoms with Crippen molar-refractivity contribution < 1.29 is 34.4 Å². The van der Waals surface area contributed by atoms with Crippen LogP contribution < -0.4 is 5.73 Å². The van der Waals surface area contributed by atoms with Gasteiger partial charge in [0.2, 0.25) is 0 Å². The highest BCUT2D eigenvalue weighted by atomic mass is 31.1. The molecule has 0 fully saturated rings. The Kier molecular flexibility index (Phi) is 33.3. The summed E-state index contributed by atoms with van der Waals surface area (Å²) in [5, 5.41) is 33.0. The second-order valence-corrected chi connectivity index (χ2v) is 4.31. The van der Waals surface area contributed by atoms with Crippen LogP contribution in [0.25, 0.3) is 0 Å². The summed E-state index contributed by atoms with van der Waals surface area (Å²) in [6, 6.07) is 0. The smallest absolute Gasteiger partial charge is 0.316 e. The second kappa shape index (κ2) is 24.4. The van der Waals surface area contributed by atoms with Gasteiger partial charge in [0.15, 0.2) is 0 Å². The van der Waals surface area contributed by atoms with Crippen molar-refractivity contribution in [3.63, 3.8) is 0 Å². The minimum absolute atomic E-state index is 0.0612. The maximum atomic E-state index is 9.61. The fourth-order valence-electron chi connectivity index (χ4n) is 0.283. The quantitative estimate of drug-likeness (QED) is 0.279. The van der Waals surface area contributed by atoms with Crippen LogP contribution in [0.2, 0.25) is 0 Å². The number of allylic oxidation sites excluding steroid dienone is 2. The number of aliphatic hydroxyl groups is 4. The third-order valence-electron chi connectivity index (χ3n) is 1.26. The van der Waals surface area contributed by atoms with Crippen LogP contribution in [0.5, 0.6) is 0 Å². The van der Waals surface area contributed by atoms with E-state index in [4.69, 9.17) is 31.1 Å². The molecule has 0 aliphatic rings. The molecule has 0 rings (SSSR count). The Bertz CT molecular complexity index is 221. The maximum Gasteiger partial charge on any atom is 0.316 e. The van der Waals surface area contributed by atoms with Crippen molar-refractivity contribution in [1.82, 2.24) is 0 Å². The highest BCUT2D eigenvalue weighted by Crippen LogP contribution is 2.12. The van der Waals surface area contributed by atoms with Gasteiger partial charge in [-0.15, -0.1) is 13.2 Å². The van der Waals surface area contributed by atoms with Crippen molar-refractivity contribution in [1.29, 1.82) is 0 Å². The van der Waals surface area contributed by atoms with E-state index in [1.165, 1.54) is 0 Å². The summed E-state index contributed by atoms with van der Waals surface area (Å²) in [7, 11) is -2.81. The van der Waals surface area contributed by atoms with Crippen LogP contribution in [0.4, 0.5) is 0 Å². The average Bonchev–Trinajstić information content (AvgIpc) is 2.46. The van der Waals surface area contributed by atoms with Crippen LogP contribution >= 0.6 is 8.25 Å². The Morgan fingerprint density at radius 3 is 1.43 bits per heavy atom. The van der Waals surface area contributed by atoms with Gasteiger partial charge in [0.05, 0.1) is 38.6 Å². The first kappa shape index (κ1) is 28.6. The lowest BCUT2D eigenvalue weighted by Gasteiger charge is -2.20. The van der Waals surface area contributed by atoms with Gasteiger partial charge >= 0.3 is 8.25 Å². The van der Waals surface area contributed by atoms with Crippen molar-refractivity contribution >= 4 is 8.25 Å². The van der Waals surface area contributed by atoms with Gasteiger partial charge in [-0.25, -0.2) is 0 Å². The zero-order valence-corrected chi connectivity index (χ0v) is 13.7. The first-order chi connectivity index (χ1) is 9.78. The van der Waals surface area contributed by atoms with Gasteiger partial charge in [-0.1, -0.05) is 12.2 Å². The van der Waals surface area contributed by atoms with Crippen LogP contribution in [0, 0.1) is 0 Å². The molecule has 1 atom stereocenters. The minimum Gasteiger partial charge on any atom is -0.394 e. The Morgan fingerprint density at radius 1 is 1.10 bits per heavy atom. The van der Waals surface area contributed by atoms with E-state index in [9.17, 15) is 4.57 Å². The van der Waals surface area contributed by atoms with Crippen LogP contribution in [-0.4, -0.2) is 63.9 Å². The summed E-state index contributed by atoms with van der Waals surface area (Å²) in [6.07, 6.45) is 3.50. The highest BCUT2D eigenvalue weighted by Gasteiger charge is 2.20.